The van der Waals surface area contributed by atoms with Gasteiger partial charge in [-0.15, -0.1) is 0 Å². The summed E-state index contributed by atoms with van der Waals surface area (Å²) in [4.78, 5) is 2.06. The van der Waals surface area contributed by atoms with Crippen LogP contribution in [0.1, 0.15) is 11.7 Å². The first-order valence-electron chi connectivity index (χ1n) is 5.97. The number of aliphatic hydroxyl groups excluding tert-OH is 2. The van der Waals surface area contributed by atoms with Crippen LogP contribution in [0.3, 0.4) is 0 Å². The third-order valence-corrected chi connectivity index (χ3v) is 3.38. The Bertz CT molecular complexity index is 417. The Kier molecular flexibility index (Phi) is 3.72. The zero-order valence-corrected chi connectivity index (χ0v) is 10.2. The van der Waals surface area contributed by atoms with E-state index in [-0.39, 0.29) is 18.7 Å². The zero-order chi connectivity index (χ0) is 13.3. The minimum absolute atomic E-state index is 0.0474. The topological polar surface area (TPSA) is 122 Å². The first-order valence-corrected chi connectivity index (χ1v) is 5.97. The van der Waals surface area contributed by atoms with E-state index in [1.807, 2.05) is 6.07 Å². The highest BCUT2D eigenvalue weighted by Gasteiger charge is 2.27. The van der Waals surface area contributed by atoms with Gasteiger partial charge in [0, 0.05) is 42.1 Å². The smallest absolute Gasteiger partial charge is 0.104 e. The number of hydrogen-bond donors (Lipinski definition) is 5. The van der Waals surface area contributed by atoms with Gasteiger partial charge in [0.25, 0.3) is 0 Å². The minimum atomic E-state index is -0.963. The highest BCUT2D eigenvalue weighted by Crippen LogP contribution is 2.27. The fourth-order valence-corrected chi connectivity index (χ4v) is 2.21. The maximum absolute atomic E-state index is 9.68. The third-order valence-electron chi connectivity index (χ3n) is 3.38. The molecule has 0 aromatic heterocycles. The van der Waals surface area contributed by atoms with Crippen LogP contribution in [-0.2, 0) is 0 Å². The first-order chi connectivity index (χ1) is 8.52. The highest BCUT2D eigenvalue weighted by molar-refractivity contribution is 5.60. The Hall–Kier alpha value is -1.34. The predicted molar refractivity (Wildman–Crippen MR) is 71.1 cm³/mol. The molecule has 0 amide bonds. The average Bonchev–Trinajstić information content (AvgIpc) is 2.69. The maximum Gasteiger partial charge on any atom is 0.104 e. The molecule has 100 valence electrons. The second-order valence-electron chi connectivity index (χ2n) is 4.74. The van der Waals surface area contributed by atoms with Crippen molar-refractivity contribution in [2.45, 2.75) is 18.2 Å². The van der Waals surface area contributed by atoms with Gasteiger partial charge < -0.3 is 32.3 Å². The van der Waals surface area contributed by atoms with Gasteiger partial charge in [-0.3, -0.25) is 0 Å². The van der Waals surface area contributed by atoms with Gasteiger partial charge in [-0.05, 0) is 18.2 Å². The van der Waals surface area contributed by atoms with Crippen molar-refractivity contribution in [2.75, 3.05) is 30.3 Å². The summed E-state index contributed by atoms with van der Waals surface area (Å²) < 4.78 is 0. The summed E-state index contributed by atoms with van der Waals surface area (Å²) in [5, 5.41) is 18.7. The van der Waals surface area contributed by atoms with Crippen molar-refractivity contribution >= 4 is 11.4 Å². The summed E-state index contributed by atoms with van der Waals surface area (Å²) in [6.07, 6.45) is -0.963. The summed E-state index contributed by atoms with van der Waals surface area (Å²) in [5.74, 6) is 0. The van der Waals surface area contributed by atoms with Gasteiger partial charge in [0.05, 0.1) is 6.61 Å². The normalized spacial score (nSPS) is 25.4. The van der Waals surface area contributed by atoms with Gasteiger partial charge in [0.2, 0.25) is 0 Å². The van der Waals surface area contributed by atoms with Crippen molar-refractivity contribution in [3.8, 4) is 0 Å². The van der Waals surface area contributed by atoms with Crippen molar-refractivity contribution in [3.05, 3.63) is 23.8 Å². The molecule has 0 spiro atoms. The minimum Gasteiger partial charge on any atom is -0.398 e. The lowest BCUT2D eigenvalue weighted by Crippen LogP contribution is -2.39. The summed E-state index contributed by atoms with van der Waals surface area (Å²) >= 11 is 0. The number of nitrogen functional groups attached to an aromatic ring is 1. The Morgan fingerprint density at radius 1 is 1.28 bits per heavy atom. The van der Waals surface area contributed by atoms with E-state index in [1.165, 1.54) is 0 Å². The maximum atomic E-state index is 9.68. The van der Waals surface area contributed by atoms with Crippen LogP contribution >= 0.6 is 0 Å². The molecule has 1 aromatic rings. The van der Waals surface area contributed by atoms with Gasteiger partial charge in [-0.1, -0.05) is 0 Å². The molecule has 0 saturated carbocycles. The zero-order valence-electron chi connectivity index (χ0n) is 10.2. The van der Waals surface area contributed by atoms with E-state index in [1.54, 1.807) is 12.1 Å². The van der Waals surface area contributed by atoms with E-state index in [4.69, 9.17) is 22.3 Å². The molecule has 1 fully saturated rings. The molecule has 1 aliphatic rings. The standard InChI is InChI=1S/C12H20N4O2/c13-9-2-1-7(3-8(9)12(18)6-17)16-4-10(14)11(15)5-16/h1-3,10-12,17-18H,4-6,13-15H2. The van der Waals surface area contributed by atoms with E-state index in [9.17, 15) is 5.11 Å². The molecule has 2 rings (SSSR count). The van der Waals surface area contributed by atoms with Crippen LogP contribution in [0.4, 0.5) is 11.4 Å². The summed E-state index contributed by atoms with van der Waals surface area (Å²) in [6.45, 7) is 1.01. The molecular formula is C12H20N4O2. The monoisotopic (exact) mass is 252 g/mol. The number of rotatable bonds is 3. The number of nitrogens with zero attached hydrogens (tertiary/aromatic N) is 1. The molecule has 1 heterocycles. The lowest BCUT2D eigenvalue weighted by atomic mass is 10.1. The Labute approximate surface area is 106 Å². The Morgan fingerprint density at radius 2 is 1.89 bits per heavy atom. The summed E-state index contributed by atoms with van der Waals surface area (Å²) in [5.41, 5.74) is 19.4. The quantitative estimate of drug-likeness (QED) is 0.429. The second kappa shape index (κ2) is 5.11. The summed E-state index contributed by atoms with van der Waals surface area (Å²) in [7, 11) is 0. The number of anilines is 2. The average molecular weight is 252 g/mol. The number of nitrogens with two attached hydrogens (primary N) is 3. The largest absolute Gasteiger partial charge is 0.398 e. The molecule has 0 bridgehead atoms. The van der Waals surface area contributed by atoms with Gasteiger partial charge in [-0.25, -0.2) is 0 Å². The van der Waals surface area contributed by atoms with E-state index < -0.39 is 6.10 Å². The lowest BCUT2D eigenvalue weighted by Gasteiger charge is -2.21. The van der Waals surface area contributed by atoms with Crippen molar-refractivity contribution in [3.63, 3.8) is 0 Å². The van der Waals surface area contributed by atoms with Crippen molar-refractivity contribution < 1.29 is 10.2 Å². The molecule has 1 saturated heterocycles. The molecule has 18 heavy (non-hydrogen) atoms. The van der Waals surface area contributed by atoms with Crippen molar-refractivity contribution in [1.82, 2.24) is 0 Å². The van der Waals surface area contributed by atoms with E-state index in [0.717, 1.165) is 5.69 Å². The van der Waals surface area contributed by atoms with Crippen LogP contribution < -0.4 is 22.1 Å². The molecule has 1 aliphatic heterocycles. The fourth-order valence-electron chi connectivity index (χ4n) is 2.21. The first kappa shape index (κ1) is 13.1. The van der Waals surface area contributed by atoms with Crippen LogP contribution in [0, 0.1) is 0 Å². The number of benzene rings is 1. The molecule has 3 atom stereocenters. The van der Waals surface area contributed by atoms with Crippen molar-refractivity contribution in [1.29, 1.82) is 0 Å². The van der Waals surface area contributed by atoms with Crippen LogP contribution in [0.2, 0.25) is 0 Å². The van der Waals surface area contributed by atoms with Crippen LogP contribution in [0.25, 0.3) is 0 Å². The van der Waals surface area contributed by atoms with Gasteiger partial charge in [-0.2, -0.15) is 0 Å². The predicted octanol–water partition coefficient (Wildman–Crippen LogP) is -1.23. The molecular weight excluding hydrogens is 232 g/mol. The number of aliphatic hydroxyl groups is 2. The Balaban J connectivity index is 2.25. The Morgan fingerprint density at radius 3 is 2.44 bits per heavy atom. The molecule has 8 N–H and O–H groups in total. The van der Waals surface area contributed by atoms with E-state index >= 15 is 0 Å². The van der Waals surface area contributed by atoms with Crippen LogP contribution in [-0.4, -0.2) is 42.0 Å². The second-order valence-corrected chi connectivity index (χ2v) is 4.74. The molecule has 6 heteroatoms. The molecule has 6 nitrogen and oxygen atoms in total. The van der Waals surface area contributed by atoms with Gasteiger partial charge in [0.15, 0.2) is 0 Å². The third kappa shape index (κ3) is 2.41. The van der Waals surface area contributed by atoms with Crippen LogP contribution in [0.15, 0.2) is 18.2 Å². The van der Waals surface area contributed by atoms with Gasteiger partial charge in [0.1, 0.15) is 6.10 Å². The molecule has 0 radical (unpaired) electrons. The molecule has 3 unspecified atom stereocenters. The summed E-state index contributed by atoms with van der Waals surface area (Å²) in [6, 6.07) is 5.27. The molecule has 0 aliphatic carbocycles. The highest BCUT2D eigenvalue weighted by atomic mass is 16.3. The van der Waals surface area contributed by atoms with Gasteiger partial charge >= 0.3 is 0 Å². The molecule has 1 aromatic carbocycles. The lowest BCUT2D eigenvalue weighted by molar-refractivity contribution is 0.0962. The number of hydrogen-bond acceptors (Lipinski definition) is 6. The van der Waals surface area contributed by atoms with Crippen molar-refractivity contribution in [2.24, 2.45) is 11.5 Å². The van der Waals surface area contributed by atoms with Crippen LogP contribution in [0.5, 0.6) is 0 Å². The fraction of sp³-hybridized carbons (Fsp3) is 0.500. The van der Waals surface area contributed by atoms with E-state index in [2.05, 4.69) is 4.90 Å². The van der Waals surface area contributed by atoms with E-state index in [0.29, 0.717) is 24.3 Å². The SMILES string of the molecule is Nc1ccc(N2CC(N)C(N)C2)cc1C(O)CO.